The van der Waals surface area contributed by atoms with Gasteiger partial charge in [-0.15, -0.1) is 23.5 Å². The highest BCUT2D eigenvalue weighted by Crippen LogP contribution is 2.40. The standard InChI is InChI=1S/C20H20FN3OS2/c1-26-20-17(12-22)16(11-18(24-20)13-3-4-13)19(25)23-9-2-10-27-15-7-5-14(21)6-8-15/h5-8,11,13H,2-4,9-10H2,1H3,(H,23,25). The molecule has 0 atom stereocenters. The largest absolute Gasteiger partial charge is 0.352 e. The van der Waals surface area contributed by atoms with Gasteiger partial charge in [0.25, 0.3) is 5.91 Å². The molecule has 1 saturated carbocycles. The molecule has 1 amide bonds. The second-order valence-corrected chi connectivity index (χ2v) is 8.24. The summed E-state index contributed by atoms with van der Waals surface area (Å²) in [6.45, 7) is 0.521. The van der Waals surface area contributed by atoms with E-state index in [4.69, 9.17) is 0 Å². The number of nitrogens with one attached hydrogen (secondary N) is 1. The Morgan fingerprint density at radius 2 is 2.11 bits per heavy atom. The van der Waals surface area contributed by atoms with Gasteiger partial charge in [-0.05, 0) is 61.6 Å². The quantitative estimate of drug-likeness (QED) is 0.517. The number of amides is 1. The number of benzene rings is 1. The van der Waals surface area contributed by atoms with E-state index in [9.17, 15) is 14.4 Å². The van der Waals surface area contributed by atoms with Crippen molar-refractivity contribution in [3.05, 3.63) is 53.0 Å². The van der Waals surface area contributed by atoms with E-state index in [-0.39, 0.29) is 11.7 Å². The van der Waals surface area contributed by atoms with Gasteiger partial charge >= 0.3 is 0 Å². The Hall–Kier alpha value is -2.04. The molecular formula is C20H20FN3OS2. The lowest BCUT2D eigenvalue weighted by atomic mass is 10.1. The fraction of sp³-hybridized carbons (Fsp3) is 0.350. The first-order chi connectivity index (χ1) is 13.1. The third-order valence-corrected chi connectivity index (χ3v) is 6.02. The number of hydrogen-bond acceptors (Lipinski definition) is 5. The summed E-state index contributed by atoms with van der Waals surface area (Å²) >= 11 is 3.02. The lowest BCUT2D eigenvalue weighted by Crippen LogP contribution is -2.26. The molecular weight excluding hydrogens is 381 g/mol. The topological polar surface area (TPSA) is 65.8 Å². The summed E-state index contributed by atoms with van der Waals surface area (Å²) in [7, 11) is 0. The van der Waals surface area contributed by atoms with Crippen molar-refractivity contribution in [2.24, 2.45) is 0 Å². The van der Waals surface area contributed by atoms with Crippen LogP contribution in [0.5, 0.6) is 0 Å². The molecule has 0 bridgehead atoms. The first-order valence-electron chi connectivity index (χ1n) is 8.78. The third-order valence-electron chi connectivity index (χ3n) is 4.24. The van der Waals surface area contributed by atoms with E-state index in [1.54, 1.807) is 30.0 Å². The van der Waals surface area contributed by atoms with Gasteiger partial charge in [0.05, 0.1) is 11.1 Å². The molecule has 140 valence electrons. The van der Waals surface area contributed by atoms with E-state index >= 15 is 0 Å². The van der Waals surface area contributed by atoms with Gasteiger partial charge in [-0.2, -0.15) is 5.26 Å². The minimum atomic E-state index is -0.243. The highest BCUT2D eigenvalue weighted by atomic mass is 32.2. The van der Waals surface area contributed by atoms with E-state index < -0.39 is 0 Å². The maximum atomic E-state index is 12.9. The Bertz CT molecular complexity index is 861. The Balaban J connectivity index is 1.56. The van der Waals surface area contributed by atoms with Crippen LogP contribution >= 0.6 is 23.5 Å². The Labute approximate surface area is 167 Å². The number of carbonyl (C=O) groups excluding carboxylic acids is 1. The van der Waals surface area contributed by atoms with Crippen LogP contribution in [-0.4, -0.2) is 29.4 Å². The third kappa shape index (κ3) is 5.24. The zero-order chi connectivity index (χ0) is 19.2. The Kier molecular flexibility index (Phi) is 6.75. The summed E-state index contributed by atoms with van der Waals surface area (Å²) < 4.78 is 12.9. The first kappa shape index (κ1) is 19.7. The van der Waals surface area contributed by atoms with Gasteiger partial charge in [-0.3, -0.25) is 4.79 Å². The number of nitrogens with zero attached hydrogens (tertiary/aromatic N) is 2. The molecule has 0 saturated heterocycles. The Morgan fingerprint density at radius 1 is 1.37 bits per heavy atom. The summed E-state index contributed by atoms with van der Waals surface area (Å²) in [6.07, 6.45) is 4.84. The van der Waals surface area contributed by atoms with Crippen LogP contribution < -0.4 is 5.32 Å². The van der Waals surface area contributed by atoms with Crippen molar-refractivity contribution in [2.45, 2.75) is 35.1 Å². The summed E-state index contributed by atoms with van der Waals surface area (Å²) in [5.41, 5.74) is 1.69. The van der Waals surface area contributed by atoms with Crippen molar-refractivity contribution in [3.63, 3.8) is 0 Å². The second kappa shape index (κ2) is 9.25. The molecule has 1 aromatic carbocycles. The van der Waals surface area contributed by atoms with Crippen molar-refractivity contribution in [3.8, 4) is 6.07 Å². The molecule has 1 aromatic heterocycles. The van der Waals surface area contributed by atoms with Crippen LogP contribution in [0.15, 0.2) is 40.3 Å². The minimum absolute atomic E-state index is 0.224. The minimum Gasteiger partial charge on any atom is -0.352 e. The molecule has 7 heteroatoms. The Morgan fingerprint density at radius 3 is 2.74 bits per heavy atom. The van der Waals surface area contributed by atoms with Crippen molar-refractivity contribution in [2.75, 3.05) is 18.6 Å². The van der Waals surface area contributed by atoms with Gasteiger partial charge in [-0.25, -0.2) is 9.37 Å². The summed E-state index contributed by atoms with van der Waals surface area (Å²) in [4.78, 5) is 18.2. The van der Waals surface area contributed by atoms with Gasteiger partial charge in [0.2, 0.25) is 0 Å². The number of nitriles is 1. The van der Waals surface area contributed by atoms with Crippen molar-refractivity contribution < 1.29 is 9.18 Å². The molecule has 0 radical (unpaired) electrons. The smallest absolute Gasteiger partial charge is 0.252 e. The number of thioether (sulfide) groups is 2. The van der Waals surface area contributed by atoms with Gasteiger partial charge in [0.15, 0.2) is 0 Å². The maximum absolute atomic E-state index is 12.9. The molecule has 4 nitrogen and oxygen atoms in total. The molecule has 0 aliphatic heterocycles. The lowest BCUT2D eigenvalue weighted by molar-refractivity contribution is 0.0953. The molecule has 3 rings (SSSR count). The molecule has 1 heterocycles. The van der Waals surface area contributed by atoms with Crippen LogP contribution in [0.4, 0.5) is 4.39 Å². The van der Waals surface area contributed by atoms with Gasteiger partial charge < -0.3 is 5.32 Å². The number of carbonyl (C=O) groups is 1. The summed E-state index contributed by atoms with van der Waals surface area (Å²) in [5, 5.41) is 13.0. The van der Waals surface area contributed by atoms with Crippen molar-refractivity contribution in [1.82, 2.24) is 10.3 Å². The molecule has 1 fully saturated rings. The number of aromatic nitrogens is 1. The zero-order valence-electron chi connectivity index (χ0n) is 15.0. The number of pyridine rings is 1. The zero-order valence-corrected chi connectivity index (χ0v) is 16.6. The second-order valence-electron chi connectivity index (χ2n) is 6.28. The average molecular weight is 402 g/mol. The van der Waals surface area contributed by atoms with E-state index in [0.29, 0.717) is 28.6 Å². The van der Waals surface area contributed by atoms with Crippen molar-refractivity contribution >= 4 is 29.4 Å². The van der Waals surface area contributed by atoms with Crippen LogP contribution in [-0.2, 0) is 0 Å². The van der Waals surface area contributed by atoms with Crippen LogP contribution in [0.1, 0.15) is 46.8 Å². The average Bonchev–Trinajstić information content (AvgIpc) is 3.53. The maximum Gasteiger partial charge on any atom is 0.252 e. The molecule has 1 aliphatic rings. The fourth-order valence-corrected chi connectivity index (χ4v) is 4.06. The molecule has 0 spiro atoms. The molecule has 2 aromatic rings. The van der Waals surface area contributed by atoms with Gasteiger partial charge in [0.1, 0.15) is 16.9 Å². The monoisotopic (exact) mass is 401 g/mol. The van der Waals surface area contributed by atoms with Gasteiger partial charge in [0, 0.05) is 23.1 Å². The van der Waals surface area contributed by atoms with Crippen molar-refractivity contribution in [1.29, 1.82) is 5.26 Å². The van der Waals surface area contributed by atoms with E-state index in [0.717, 1.165) is 35.6 Å². The molecule has 0 unspecified atom stereocenters. The van der Waals surface area contributed by atoms with Crippen LogP contribution in [0.3, 0.4) is 0 Å². The number of halogens is 1. The van der Waals surface area contributed by atoms with Crippen LogP contribution in [0, 0.1) is 17.1 Å². The molecule has 27 heavy (non-hydrogen) atoms. The fourth-order valence-electron chi connectivity index (χ4n) is 2.65. The molecule has 1 aliphatic carbocycles. The first-order valence-corrected chi connectivity index (χ1v) is 11.0. The molecule has 1 N–H and O–H groups in total. The number of hydrogen-bond donors (Lipinski definition) is 1. The predicted octanol–water partition coefficient (Wildman–Crippen LogP) is 4.60. The van der Waals surface area contributed by atoms with Crippen LogP contribution in [0.2, 0.25) is 0 Å². The predicted molar refractivity (Wildman–Crippen MR) is 107 cm³/mol. The van der Waals surface area contributed by atoms with Gasteiger partial charge in [-0.1, -0.05) is 0 Å². The summed E-state index contributed by atoms with van der Waals surface area (Å²) in [5.74, 6) is 0.768. The van der Waals surface area contributed by atoms with E-state index in [2.05, 4.69) is 16.4 Å². The summed E-state index contributed by atoms with van der Waals surface area (Å²) in [6, 6.07) is 10.3. The highest BCUT2D eigenvalue weighted by Gasteiger charge is 2.28. The van der Waals surface area contributed by atoms with E-state index in [1.807, 2.05) is 6.26 Å². The number of rotatable bonds is 8. The van der Waals surface area contributed by atoms with Crippen LogP contribution in [0.25, 0.3) is 0 Å². The highest BCUT2D eigenvalue weighted by molar-refractivity contribution is 7.99. The SMILES string of the molecule is CSc1nc(C2CC2)cc(C(=O)NCCCSc2ccc(F)cc2)c1C#N. The lowest BCUT2D eigenvalue weighted by Gasteiger charge is -2.11. The normalized spacial score (nSPS) is 13.2. The van der Waals surface area contributed by atoms with E-state index in [1.165, 1.54) is 23.9 Å².